The van der Waals surface area contributed by atoms with Gasteiger partial charge in [-0.2, -0.15) is 0 Å². The number of esters is 1. The summed E-state index contributed by atoms with van der Waals surface area (Å²) in [5.74, 6) is -0.0699. The fourth-order valence-electron chi connectivity index (χ4n) is 1.51. The molecule has 0 aromatic heterocycles. The number of methoxy groups -OCH3 is 1. The highest BCUT2D eigenvalue weighted by Crippen LogP contribution is 2.05. The number of carbonyl (C=O) groups excluding carboxylic acids is 2. The molecule has 0 rings (SSSR count). The molecule has 0 fully saturated rings. The Morgan fingerprint density at radius 2 is 1.94 bits per heavy atom. The van der Waals surface area contributed by atoms with E-state index in [0.717, 1.165) is 25.7 Å². The van der Waals surface area contributed by atoms with E-state index in [0.29, 0.717) is 13.0 Å². The van der Waals surface area contributed by atoms with Crippen molar-refractivity contribution in [3.8, 4) is 0 Å². The van der Waals surface area contributed by atoms with E-state index in [4.69, 9.17) is 5.73 Å². The van der Waals surface area contributed by atoms with Gasteiger partial charge >= 0.3 is 5.97 Å². The van der Waals surface area contributed by atoms with E-state index in [9.17, 15) is 9.59 Å². The maximum atomic E-state index is 11.6. The van der Waals surface area contributed by atoms with E-state index < -0.39 is 6.04 Å². The van der Waals surface area contributed by atoms with E-state index in [1.807, 2.05) is 13.8 Å². The van der Waals surface area contributed by atoms with Crippen molar-refractivity contribution >= 4 is 11.9 Å². The molecule has 0 aromatic rings. The third-order valence-electron chi connectivity index (χ3n) is 3.14. The van der Waals surface area contributed by atoms with Gasteiger partial charge in [0.05, 0.1) is 13.2 Å². The maximum absolute atomic E-state index is 11.6. The second kappa shape index (κ2) is 9.88. The Morgan fingerprint density at radius 1 is 1.28 bits per heavy atom. The van der Waals surface area contributed by atoms with Gasteiger partial charge in [0.25, 0.3) is 0 Å². The zero-order chi connectivity index (χ0) is 14.0. The van der Waals surface area contributed by atoms with Crippen LogP contribution in [0.2, 0.25) is 0 Å². The lowest BCUT2D eigenvalue weighted by molar-refractivity contribution is -0.140. The number of ether oxygens (including phenoxy) is 1. The normalized spacial score (nSPS) is 13.8. The summed E-state index contributed by atoms with van der Waals surface area (Å²) in [5.41, 5.74) is 5.80. The average molecular weight is 258 g/mol. The van der Waals surface area contributed by atoms with Gasteiger partial charge in [-0.3, -0.25) is 9.59 Å². The Hall–Kier alpha value is -1.10. The molecule has 0 aliphatic heterocycles. The lowest BCUT2D eigenvalue weighted by Gasteiger charge is -2.17. The first-order valence-corrected chi connectivity index (χ1v) is 6.63. The molecule has 0 spiro atoms. The van der Waals surface area contributed by atoms with Crippen molar-refractivity contribution in [1.82, 2.24) is 5.32 Å². The number of nitrogens with two attached hydrogens (primary N) is 1. The van der Waals surface area contributed by atoms with Gasteiger partial charge in [-0.15, -0.1) is 0 Å². The predicted molar refractivity (Wildman–Crippen MR) is 70.9 cm³/mol. The quantitative estimate of drug-likeness (QED) is 0.481. The Kier molecular flexibility index (Phi) is 9.28. The maximum Gasteiger partial charge on any atom is 0.305 e. The lowest BCUT2D eigenvalue weighted by atomic mass is 9.99. The second-order valence-corrected chi connectivity index (χ2v) is 4.59. The van der Waals surface area contributed by atoms with Crippen LogP contribution in [0.1, 0.15) is 46.0 Å². The molecule has 0 aliphatic carbocycles. The number of amides is 1. The number of rotatable bonds is 9. The van der Waals surface area contributed by atoms with Gasteiger partial charge in [0, 0.05) is 13.0 Å². The molecule has 0 radical (unpaired) electrons. The standard InChI is InChI=1S/C13H26N2O3/c1-4-10(2)12(14)13(17)15-9-7-5-6-8-11(16)18-3/h10,12H,4-9,14H2,1-3H3,(H,15,17). The second-order valence-electron chi connectivity index (χ2n) is 4.59. The van der Waals surface area contributed by atoms with Crippen molar-refractivity contribution in [2.24, 2.45) is 11.7 Å². The SMILES string of the molecule is CCC(C)C(N)C(=O)NCCCCCC(=O)OC. The first-order valence-electron chi connectivity index (χ1n) is 6.63. The van der Waals surface area contributed by atoms with Crippen LogP contribution in [0.3, 0.4) is 0 Å². The third kappa shape index (κ3) is 7.27. The number of hydrogen-bond acceptors (Lipinski definition) is 4. The zero-order valence-corrected chi connectivity index (χ0v) is 11.7. The van der Waals surface area contributed by atoms with Crippen LogP contribution in [-0.2, 0) is 14.3 Å². The molecule has 0 aliphatic rings. The van der Waals surface area contributed by atoms with Gasteiger partial charge in [-0.25, -0.2) is 0 Å². The summed E-state index contributed by atoms with van der Waals surface area (Å²) in [4.78, 5) is 22.5. The fraction of sp³-hybridized carbons (Fsp3) is 0.846. The monoisotopic (exact) mass is 258 g/mol. The molecular formula is C13H26N2O3. The summed E-state index contributed by atoms with van der Waals surface area (Å²) in [6, 6.07) is -0.426. The molecule has 0 aromatic carbocycles. The Bertz CT molecular complexity index is 257. The van der Waals surface area contributed by atoms with Crippen LogP contribution in [0.5, 0.6) is 0 Å². The minimum atomic E-state index is -0.426. The number of carbonyl (C=O) groups is 2. The van der Waals surface area contributed by atoms with E-state index in [1.165, 1.54) is 7.11 Å². The molecular weight excluding hydrogens is 232 g/mol. The lowest BCUT2D eigenvalue weighted by Crippen LogP contribution is -2.44. The largest absolute Gasteiger partial charge is 0.469 e. The molecule has 2 unspecified atom stereocenters. The van der Waals surface area contributed by atoms with Crippen LogP contribution in [0, 0.1) is 5.92 Å². The van der Waals surface area contributed by atoms with E-state index >= 15 is 0 Å². The molecule has 0 bridgehead atoms. The average Bonchev–Trinajstić information content (AvgIpc) is 2.39. The summed E-state index contributed by atoms with van der Waals surface area (Å²) < 4.78 is 4.54. The molecule has 106 valence electrons. The number of unbranched alkanes of at least 4 members (excludes halogenated alkanes) is 2. The van der Waals surface area contributed by atoms with Crippen molar-refractivity contribution < 1.29 is 14.3 Å². The molecule has 0 saturated heterocycles. The van der Waals surface area contributed by atoms with Crippen LogP contribution in [0.25, 0.3) is 0 Å². The van der Waals surface area contributed by atoms with Gasteiger partial charge in [0.2, 0.25) is 5.91 Å². The molecule has 1 amide bonds. The molecule has 5 nitrogen and oxygen atoms in total. The number of hydrogen-bond donors (Lipinski definition) is 2. The minimum Gasteiger partial charge on any atom is -0.469 e. The van der Waals surface area contributed by atoms with Gasteiger partial charge in [-0.1, -0.05) is 26.7 Å². The highest BCUT2D eigenvalue weighted by Gasteiger charge is 2.18. The van der Waals surface area contributed by atoms with Crippen LogP contribution >= 0.6 is 0 Å². The Morgan fingerprint density at radius 3 is 2.50 bits per heavy atom. The summed E-state index contributed by atoms with van der Waals surface area (Å²) in [5, 5.41) is 2.82. The van der Waals surface area contributed by atoms with Crippen molar-refractivity contribution in [1.29, 1.82) is 0 Å². The topological polar surface area (TPSA) is 81.4 Å². The van der Waals surface area contributed by atoms with E-state index in [2.05, 4.69) is 10.1 Å². The van der Waals surface area contributed by atoms with Gasteiger partial charge in [-0.05, 0) is 18.8 Å². The summed E-state index contributed by atoms with van der Waals surface area (Å²) in [7, 11) is 1.39. The van der Waals surface area contributed by atoms with Crippen LogP contribution < -0.4 is 11.1 Å². The first-order chi connectivity index (χ1) is 8.52. The van der Waals surface area contributed by atoms with Gasteiger partial charge < -0.3 is 15.8 Å². The highest BCUT2D eigenvalue weighted by atomic mass is 16.5. The third-order valence-corrected chi connectivity index (χ3v) is 3.14. The van der Waals surface area contributed by atoms with Crippen molar-refractivity contribution in [3.05, 3.63) is 0 Å². The molecule has 0 heterocycles. The zero-order valence-electron chi connectivity index (χ0n) is 11.7. The van der Waals surface area contributed by atoms with E-state index in [1.54, 1.807) is 0 Å². The molecule has 0 saturated carbocycles. The molecule has 18 heavy (non-hydrogen) atoms. The summed E-state index contributed by atoms with van der Waals surface area (Å²) >= 11 is 0. The van der Waals surface area contributed by atoms with Crippen LogP contribution in [0.15, 0.2) is 0 Å². The van der Waals surface area contributed by atoms with Crippen LogP contribution in [-0.4, -0.2) is 31.6 Å². The number of nitrogens with one attached hydrogen (secondary N) is 1. The smallest absolute Gasteiger partial charge is 0.305 e. The van der Waals surface area contributed by atoms with Crippen molar-refractivity contribution in [2.75, 3.05) is 13.7 Å². The molecule has 3 N–H and O–H groups in total. The summed E-state index contributed by atoms with van der Waals surface area (Å²) in [6.07, 6.45) is 3.88. The van der Waals surface area contributed by atoms with Gasteiger partial charge in [0.1, 0.15) is 0 Å². The summed E-state index contributed by atoms with van der Waals surface area (Å²) in [6.45, 7) is 4.61. The Labute approximate surface area is 109 Å². The Balaban J connectivity index is 3.54. The van der Waals surface area contributed by atoms with E-state index in [-0.39, 0.29) is 17.8 Å². The van der Waals surface area contributed by atoms with Gasteiger partial charge in [0.15, 0.2) is 0 Å². The minimum absolute atomic E-state index is 0.0858. The predicted octanol–water partition coefficient (Wildman–Crippen LogP) is 1.21. The first kappa shape index (κ1) is 16.9. The fourth-order valence-corrected chi connectivity index (χ4v) is 1.51. The van der Waals surface area contributed by atoms with Crippen molar-refractivity contribution in [2.45, 2.75) is 52.0 Å². The van der Waals surface area contributed by atoms with Crippen LogP contribution in [0.4, 0.5) is 0 Å². The molecule has 5 heteroatoms. The van der Waals surface area contributed by atoms with Crippen molar-refractivity contribution in [3.63, 3.8) is 0 Å². The highest BCUT2D eigenvalue weighted by molar-refractivity contribution is 5.81. The molecule has 2 atom stereocenters.